The van der Waals surface area contributed by atoms with E-state index in [9.17, 15) is 0 Å². The Morgan fingerprint density at radius 2 is 0.626 bits per heavy atom. The van der Waals surface area contributed by atoms with E-state index in [1.165, 1.54) is 0 Å². The Morgan fingerprint density at radius 3 is 1.05 bits per heavy atom. The number of para-hydroxylation sites is 7. The number of fused-ring (bicyclic) bond motifs is 12. The maximum Gasteiger partial charge on any atom is 0.164 e. The minimum atomic E-state index is 0.782. The molecular weight excluding hydrogens is 1110 g/mol. The Kier molecular flexibility index (Phi) is 11.9. The lowest BCUT2D eigenvalue weighted by atomic mass is 9.98. The second kappa shape index (κ2) is 20.9. The predicted octanol–water partition coefficient (Wildman–Crippen LogP) is 20.6. The summed E-state index contributed by atoms with van der Waals surface area (Å²) in [7, 11) is 0. The van der Waals surface area contributed by atoms with Gasteiger partial charge in [0.2, 0.25) is 0 Å². The first-order valence-corrected chi connectivity index (χ1v) is 30.7. The normalized spacial score (nSPS) is 11.8. The van der Waals surface area contributed by atoms with Crippen LogP contribution in [0.15, 0.2) is 310 Å². The number of benzene rings is 10. The van der Waals surface area contributed by atoms with Gasteiger partial charge in [-0.1, -0.05) is 140 Å². The topological polar surface area (TPSA) is 77.8 Å². The van der Waals surface area contributed by atoms with Crippen LogP contribution in [-0.4, -0.2) is 38.2 Å². The predicted molar refractivity (Wildman–Crippen MR) is 375 cm³/mol. The molecule has 0 bridgehead atoms. The van der Waals surface area contributed by atoms with Crippen molar-refractivity contribution in [2.75, 3.05) is 9.80 Å². The highest BCUT2D eigenvalue weighted by Crippen LogP contribution is 2.47. The van der Waals surface area contributed by atoms with Crippen LogP contribution in [0, 0.1) is 6.92 Å². The average Bonchev–Trinajstić information content (AvgIpc) is 1.65. The van der Waals surface area contributed by atoms with Gasteiger partial charge in [-0.25, -0.2) is 4.98 Å². The number of pyridine rings is 4. The molecule has 10 nitrogen and oxygen atoms in total. The highest BCUT2D eigenvalue weighted by molar-refractivity contribution is 6.14. The van der Waals surface area contributed by atoms with Crippen LogP contribution in [0.25, 0.3) is 121 Å². The summed E-state index contributed by atoms with van der Waals surface area (Å²) in [4.78, 5) is 25.0. The standard InChI is InChI=1S/C81H54N10/c1-53-78(54-34-36-59(37-35-54)88-73-40-38-60(86(55-20-6-2-7-21-55)56-22-8-3-9-23-56)48-65(73)66-49-61(39-41-74(66)88)87(57-24-10-4-11-25-57)58-26-12-5-13-27-58)80(90-71-32-18-15-29-63(71)68-51-83-46-43-76(68)90)85-81(91-72-33-19-16-30-64(72)69-52-84-47-44-77(69)91)79(53)89-70-31-17-14-28-62(70)67-50-82-45-42-75(67)89/h2-52H,1H3. The number of aromatic nitrogens is 8. The maximum absolute atomic E-state index is 6.19. The van der Waals surface area contributed by atoms with Crippen LogP contribution in [0.3, 0.4) is 0 Å². The van der Waals surface area contributed by atoms with Crippen LogP contribution >= 0.6 is 0 Å². The van der Waals surface area contributed by atoms with Gasteiger partial charge in [0.25, 0.3) is 0 Å². The van der Waals surface area contributed by atoms with E-state index in [0.717, 1.165) is 161 Å². The summed E-state index contributed by atoms with van der Waals surface area (Å²) in [6.45, 7) is 2.28. The molecule has 0 N–H and O–H groups in total. The molecule has 0 saturated carbocycles. The van der Waals surface area contributed by atoms with E-state index < -0.39 is 0 Å². The fraction of sp³-hybridized carbons (Fsp3) is 0.0123. The second-order valence-corrected chi connectivity index (χ2v) is 23.1. The molecule has 10 heteroatoms. The van der Waals surface area contributed by atoms with Crippen LogP contribution in [0.4, 0.5) is 34.1 Å². The van der Waals surface area contributed by atoms with Gasteiger partial charge >= 0.3 is 0 Å². The van der Waals surface area contributed by atoms with Crippen molar-refractivity contribution in [1.82, 2.24) is 38.2 Å². The molecule has 8 aromatic heterocycles. The summed E-state index contributed by atoms with van der Waals surface area (Å²) < 4.78 is 9.54. The molecule has 0 fully saturated rings. The number of nitrogens with zero attached hydrogens (tertiary/aromatic N) is 10. The first kappa shape index (κ1) is 51.8. The van der Waals surface area contributed by atoms with E-state index in [1.807, 2.05) is 37.2 Å². The third kappa shape index (κ3) is 8.13. The molecule has 0 atom stereocenters. The summed E-state index contributed by atoms with van der Waals surface area (Å²) in [5.74, 6) is 1.58. The minimum absolute atomic E-state index is 0.782. The van der Waals surface area contributed by atoms with Gasteiger partial charge in [-0.05, 0) is 152 Å². The summed E-state index contributed by atoms with van der Waals surface area (Å²) in [6.07, 6.45) is 11.6. The lowest BCUT2D eigenvalue weighted by Crippen LogP contribution is -2.13. The lowest BCUT2D eigenvalue weighted by Gasteiger charge is -2.26. The quantitative estimate of drug-likeness (QED) is 0.128. The molecule has 10 aromatic carbocycles. The summed E-state index contributed by atoms with van der Waals surface area (Å²) in [6, 6.07) is 97.8. The molecule has 18 aromatic rings. The Hall–Kier alpha value is -12.4. The number of hydrogen-bond acceptors (Lipinski definition) is 6. The molecular formula is C81H54N10. The van der Waals surface area contributed by atoms with E-state index in [0.29, 0.717) is 0 Å². The third-order valence-corrected chi connectivity index (χ3v) is 18.2. The Bertz CT molecular complexity index is 5470. The van der Waals surface area contributed by atoms with E-state index in [-0.39, 0.29) is 0 Å². The van der Waals surface area contributed by atoms with Gasteiger partial charge in [0.1, 0.15) is 5.82 Å². The average molecular weight is 1170 g/mol. The third-order valence-electron chi connectivity index (χ3n) is 18.2. The molecule has 0 amide bonds. The number of rotatable bonds is 11. The monoisotopic (exact) mass is 1170 g/mol. The van der Waals surface area contributed by atoms with Crippen molar-refractivity contribution < 1.29 is 0 Å². The van der Waals surface area contributed by atoms with Gasteiger partial charge in [-0.15, -0.1) is 0 Å². The number of anilines is 6. The second-order valence-electron chi connectivity index (χ2n) is 23.1. The van der Waals surface area contributed by atoms with Crippen LogP contribution in [0.2, 0.25) is 0 Å². The molecule has 0 aliphatic carbocycles. The molecule has 0 saturated heterocycles. The molecule has 428 valence electrons. The Balaban J connectivity index is 0.911. The van der Waals surface area contributed by atoms with Gasteiger partial charge < -0.3 is 18.9 Å². The zero-order chi connectivity index (χ0) is 60.1. The van der Waals surface area contributed by atoms with Gasteiger partial charge in [0.05, 0.1) is 49.8 Å². The molecule has 18 rings (SSSR count). The molecule has 8 heterocycles. The minimum Gasteiger partial charge on any atom is -0.310 e. The highest BCUT2D eigenvalue weighted by atomic mass is 15.2. The van der Waals surface area contributed by atoms with Gasteiger partial charge in [-0.2, -0.15) is 0 Å². The van der Waals surface area contributed by atoms with Crippen molar-refractivity contribution in [2.45, 2.75) is 6.92 Å². The van der Waals surface area contributed by atoms with Crippen molar-refractivity contribution in [3.05, 3.63) is 316 Å². The van der Waals surface area contributed by atoms with E-state index >= 15 is 0 Å². The summed E-state index contributed by atoms with van der Waals surface area (Å²) >= 11 is 0. The van der Waals surface area contributed by atoms with Crippen molar-refractivity contribution >= 4 is 121 Å². The first-order valence-electron chi connectivity index (χ1n) is 30.7. The zero-order valence-corrected chi connectivity index (χ0v) is 49.4. The summed E-state index contributed by atoms with van der Waals surface area (Å²) in [5, 5.41) is 8.71. The number of hydrogen-bond donors (Lipinski definition) is 0. The molecule has 0 aliphatic heterocycles. The fourth-order valence-electron chi connectivity index (χ4n) is 14.3. The van der Waals surface area contributed by atoms with Gasteiger partial charge in [0, 0.05) is 126 Å². The van der Waals surface area contributed by atoms with Crippen LogP contribution in [0.1, 0.15) is 5.56 Å². The van der Waals surface area contributed by atoms with Crippen LogP contribution in [0.5, 0.6) is 0 Å². The largest absolute Gasteiger partial charge is 0.310 e. The van der Waals surface area contributed by atoms with Crippen molar-refractivity contribution in [1.29, 1.82) is 0 Å². The fourth-order valence-corrected chi connectivity index (χ4v) is 14.3. The Morgan fingerprint density at radius 1 is 0.275 bits per heavy atom. The molecule has 0 spiro atoms. The van der Waals surface area contributed by atoms with Gasteiger partial charge in [0.15, 0.2) is 5.82 Å². The summed E-state index contributed by atoms with van der Waals surface area (Å²) in [5.41, 5.74) is 19.8. The van der Waals surface area contributed by atoms with Crippen LogP contribution < -0.4 is 9.80 Å². The molecule has 91 heavy (non-hydrogen) atoms. The molecule has 0 unspecified atom stereocenters. The first-order chi connectivity index (χ1) is 45.1. The van der Waals surface area contributed by atoms with Crippen LogP contribution in [-0.2, 0) is 0 Å². The SMILES string of the molecule is Cc1c(-c2ccc(-n3c4ccc(N(c5ccccc5)c5ccccc5)cc4c4cc(N(c5ccccc5)c5ccccc5)ccc43)cc2)c(-n2c3ccccc3c3cnccc32)nc(-n2c3ccccc3c3cnccc32)c1-n1c2ccccc2c2cnccc21. The Labute approximate surface area is 523 Å². The van der Waals surface area contributed by atoms with Crippen molar-refractivity contribution in [3.8, 4) is 34.1 Å². The zero-order valence-electron chi connectivity index (χ0n) is 49.4. The van der Waals surface area contributed by atoms with E-state index in [4.69, 9.17) is 15.0 Å². The molecule has 0 radical (unpaired) electrons. The van der Waals surface area contributed by atoms with E-state index in [1.54, 1.807) is 0 Å². The highest BCUT2D eigenvalue weighted by Gasteiger charge is 2.29. The van der Waals surface area contributed by atoms with E-state index in [2.05, 4.69) is 313 Å². The van der Waals surface area contributed by atoms with Crippen molar-refractivity contribution in [2.24, 2.45) is 0 Å². The molecule has 0 aliphatic rings. The van der Waals surface area contributed by atoms with Crippen molar-refractivity contribution in [3.63, 3.8) is 0 Å². The van der Waals surface area contributed by atoms with Gasteiger partial charge in [-0.3, -0.25) is 24.1 Å². The smallest absolute Gasteiger partial charge is 0.164 e. The maximum atomic E-state index is 6.19. The lowest BCUT2D eigenvalue weighted by molar-refractivity contribution is 0.972.